The highest BCUT2D eigenvalue weighted by molar-refractivity contribution is 8.00. The third kappa shape index (κ3) is 3.95. The summed E-state index contributed by atoms with van der Waals surface area (Å²) in [7, 11) is 0. The lowest BCUT2D eigenvalue weighted by molar-refractivity contribution is -0.116. The molecule has 1 aliphatic heterocycles. The molecule has 0 saturated carbocycles. The molecular formula is C20H13F4N3O2S. The van der Waals surface area contributed by atoms with Crippen molar-refractivity contribution < 1.29 is 27.2 Å². The van der Waals surface area contributed by atoms with E-state index in [9.17, 15) is 27.2 Å². The van der Waals surface area contributed by atoms with E-state index in [2.05, 4.69) is 4.98 Å². The first-order valence-corrected chi connectivity index (χ1v) is 9.54. The molecule has 1 aromatic heterocycles. The Balaban J connectivity index is 1.56. The number of amides is 3. The Hall–Kier alpha value is -3.14. The van der Waals surface area contributed by atoms with Crippen LogP contribution in [0.15, 0.2) is 59.6 Å². The third-order valence-electron chi connectivity index (χ3n) is 4.54. The molecule has 10 heteroatoms. The lowest BCUT2D eigenvalue weighted by Gasteiger charge is -2.18. The lowest BCUT2D eigenvalue weighted by atomic mass is 10.1. The molecular weight excluding hydrogens is 422 g/mol. The molecule has 4 rings (SSSR count). The molecule has 0 atom stereocenters. The Morgan fingerprint density at radius 3 is 2.47 bits per heavy atom. The van der Waals surface area contributed by atoms with Crippen molar-refractivity contribution in [3.63, 3.8) is 0 Å². The molecule has 0 radical (unpaired) electrons. The van der Waals surface area contributed by atoms with Gasteiger partial charge in [-0.15, -0.1) is 0 Å². The number of para-hydroxylation sites is 1. The van der Waals surface area contributed by atoms with E-state index in [1.54, 1.807) is 12.1 Å². The first-order valence-electron chi connectivity index (χ1n) is 8.73. The zero-order valence-corrected chi connectivity index (χ0v) is 16.0. The van der Waals surface area contributed by atoms with Gasteiger partial charge in [0.05, 0.1) is 5.69 Å². The number of carbonyl (C=O) groups excluding carboxylic acids is 2. The maximum Gasteiger partial charge on any atom is 0.446 e. The van der Waals surface area contributed by atoms with E-state index in [0.29, 0.717) is 10.9 Å². The molecule has 3 aromatic rings. The van der Waals surface area contributed by atoms with E-state index in [-0.39, 0.29) is 41.0 Å². The molecule has 1 saturated heterocycles. The number of hydrogen-bond acceptors (Lipinski definition) is 4. The smallest absolute Gasteiger partial charge is 0.310 e. The number of hydrogen-bond donors (Lipinski definition) is 0. The van der Waals surface area contributed by atoms with E-state index in [0.717, 1.165) is 4.90 Å². The second-order valence-corrected chi connectivity index (χ2v) is 7.65. The van der Waals surface area contributed by atoms with Gasteiger partial charge in [-0.05, 0) is 53.7 Å². The maximum atomic E-state index is 14.0. The Labute approximate surface area is 172 Å². The van der Waals surface area contributed by atoms with Gasteiger partial charge in [-0.25, -0.2) is 14.1 Å². The van der Waals surface area contributed by atoms with Crippen molar-refractivity contribution in [2.24, 2.45) is 0 Å². The number of anilines is 1. The highest BCUT2D eigenvalue weighted by Gasteiger charge is 2.37. The summed E-state index contributed by atoms with van der Waals surface area (Å²) in [6.45, 7) is -0.136. The monoisotopic (exact) mass is 435 g/mol. The number of imide groups is 1. The predicted octanol–water partition coefficient (Wildman–Crippen LogP) is 4.95. The van der Waals surface area contributed by atoms with Gasteiger partial charge in [0, 0.05) is 23.0 Å². The number of alkyl halides is 3. The van der Waals surface area contributed by atoms with E-state index in [1.165, 1.54) is 47.5 Å². The van der Waals surface area contributed by atoms with Gasteiger partial charge < -0.3 is 4.90 Å². The van der Waals surface area contributed by atoms with Crippen LogP contribution in [-0.4, -0.2) is 33.9 Å². The Kier molecular flexibility index (Phi) is 5.10. The molecule has 0 bridgehead atoms. The fourth-order valence-electron chi connectivity index (χ4n) is 3.27. The van der Waals surface area contributed by atoms with Gasteiger partial charge in [-0.3, -0.25) is 9.78 Å². The molecule has 0 N–H and O–H groups in total. The summed E-state index contributed by atoms with van der Waals surface area (Å²) in [6.07, 6.45) is 1.43. The number of nitrogens with zero attached hydrogens (tertiary/aromatic N) is 3. The van der Waals surface area contributed by atoms with Crippen LogP contribution in [0.4, 0.5) is 28.0 Å². The van der Waals surface area contributed by atoms with Crippen molar-refractivity contribution in [3.8, 4) is 0 Å². The lowest BCUT2D eigenvalue weighted by Crippen LogP contribution is -2.32. The number of carbonyl (C=O) groups is 2. The van der Waals surface area contributed by atoms with Gasteiger partial charge in [-0.1, -0.05) is 12.1 Å². The second kappa shape index (κ2) is 7.60. The predicted molar refractivity (Wildman–Crippen MR) is 103 cm³/mol. The van der Waals surface area contributed by atoms with Gasteiger partial charge >= 0.3 is 11.5 Å². The highest BCUT2D eigenvalue weighted by atomic mass is 32.2. The van der Waals surface area contributed by atoms with Crippen LogP contribution in [0.1, 0.15) is 5.56 Å². The Morgan fingerprint density at radius 1 is 1.03 bits per heavy atom. The Morgan fingerprint density at radius 2 is 1.77 bits per heavy atom. The molecule has 2 heterocycles. The van der Waals surface area contributed by atoms with Gasteiger partial charge in [0.15, 0.2) is 0 Å². The third-order valence-corrected chi connectivity index (χ3v) is 5.28. The molecule has 3 amide bonds. The van der Waals surface area contributed by atoms with Crippen molar-refractivity contribution in [2.75, 3.05) is 11.4 Å². The van der Waals surface area contributed by atoms with E-state index in [1.807, 2.05) is 0 Å². The molecule has 0 spiro atoms. The summed E-state index contributed by atoms with van der Waals surface area (Å²) in [6, 6.07) is 10.5. The molecule has 0 unspecified atom stereocenters. The average molecular weight is 435 g/mol. The van der Waals surface area contributed by atoms with Crippen LogP contribution in [-0.2, 0) is 11.3 Å². The van der Waals surface area contributed by atoms with Gasteiger partial charge in [0.1, 0.15) is 17.9 Å². The van der Waals surface area contributed by atoms with Crippen LogP contribution in [0.3, 0.4) is 0 Å². The fraction of sp³-hybridized carbons (Fsp3) is 0.150. The zero-order chi connectivity index (χ0) is 21.5. The Bertz CT molecular complexity index is 1140. The zero-order valence-electron chi connectivity index (χ0n) is 15.2. The number of pyridine rings is 1. The topological polar surface area (TPSA) is 53.5 Å². The summed E-state index contributed by atoms with van der Waals surface area (Å²) in [5, 5.41) is 0.532. The summed E-state index contributed by atoms with van der Waals surface area (Å²) < 4.78 is 51.4. The number of fused-ring (bicyclic) bond motifs is 1. The first kappa shape index (κ1) is 20.1. The first-order chi connectivity index (χ1) is 14.2. The van der Waals surface area contributed by atoms with Crippen LogP contribution >= 0.6 is 11.8 Å². The van der Waals surface area contributed by atoms with Crippen molar-refractivity contribution in [1.82, 2.24) is 9.88 Å². The van der Waals surface area contributed by atoms with Crippen LogP contribution < -0.4 is 4.90 Å². The van der Waals surface area contributed by atoms with Crippen LogP contribution in [0.2, 0.25) is 0 Å². The maximum absolute atomic E-state index is 14.0. The molecule has 1 fully saturated rings. The van der Waals surface area contributed by atoms with E-state index < -0.39 is 23.3 Å². The summed E-state index contributed by atoms with van der Waals surface area (Å²) in [4.78, 5) is 31.4. The minimum Gasteiger partial charge on any atom is -0.310 e. The van der Waals surface area contributed by atoms with Crippen molar-refractivity contribution in [1.29, 1.82) is 0 Å². The minimum atomic E-state index is -4.43. The van der Waals surface area contributed by atoms with Crippen LogP contribution in [0.5, 0.6) is 0 Å². The van der Waals surface area contributed by atoms with E-state index >= 15 is 0 Å². The standard InChI is InChI=1S/C20H13F4N3O2S/c21-16-3-1-2-15-12(8-9-25-18(15)16)10-26-11-17(28)27(19(26)29)13-4-6-14(7-5-13)30-20(22,23)24/h1-9H,10-11H2. The minimum absolute atomic E-state index is 0.0486. The van der Waals surface area contributed by atoms with Crippen molar-refractivity contribution in [3.05, 3.63) is 66.1 Å². The van der Waals surface area contributed by atoms with Gasteiger partial charge in [0.25, 0.3) is 5.91 Å². The molecule has 1 aliphatic rings. The van der Waals surface area contributed by atoms with Gasteiger partial charge in [-0.2, -0.15) is 13.2 Å². The molecule has 0 aliphatic carbocycles. The SMILES string of the molecule is O=C1CN(Cc2ccnc3c(F)cccc23)C(=O)N1c1ccc(SC(F)(F)F)cc1. The summed E-state index contributed by atoms with van der Waals surface area (Å²) in [5.41, 5.74) is -3.45. The summed E-state index contributed by atoms with van der Waals surface area (Å²) in [5.74, 6) is -0.989. The molecule has 2 aromatic carbocycles. The van der Waals surface area contributed by atoms with Gasteiger partial charge in [0.2, 0.25) is 0 Å². The molecule has 5 nitrogen and oxygen atoms in total. The number of urea groups is 1. The number of thioether (sulfide) groups is 1. The number of benzene rings is 2. The normalized spacial score (nSPS) is 14.8. The van der Waals surface area contributed by atoms with E-state index in [4.69, 9.17) is 0 Å². The van der Waals surface area contributed by atoms with Crippen LogP contribution in [0, 0.1) is 5.82 Å². The molecule has 30 heavy (non-hydrogen) atoms. The molecule has 154 valence electrons. The van der Waals surface area contributed by atoms with Crippen molar-refractivity contribution >= 4 is 40.3 Å². The van der Waals surface area contributed by atoms with Crippen molar-refractivity contribution in [2.45, 2.75) is 16.9 Å². The second-order valence-electron chi connectivity index (χ2n) is 6.52. The number of rotatable bonds is 4. The highest BCUT2D eigenvalue weighted by Crippen LogP contribution is 2.37. The summed E-state index contributed by atoms with van der Waals surface area (Å²) >= 11 is -0.277. The number of aromatic nitrogens is 1. The quantitative estimate of drug-likeness (QED) is 0.330. The number of halogens is 4. The largest absolute Gasteiger partial charge is 0.446 e. The fourth-order valence-corrected chi connectivity index (χ4v) is 3.80. The van der Waals surface area contributed by atoms with Crippen LogP contribution in [0.25, 0.3) is 10.9 Å². The average Bonchev–Trinajstić information content (AvgIpc) is 2.95.